The van der Waals surface area contributed by atoms with Crippen LogP contribution in [-0.2, 0) is 0 Å². The van der Waals surface area contributed by atoms with Crippen molar-refractivity contribution in [1.29, 1.82) is 0 Å². The summed E-state index contributed by atoms with van der Waals surface area (Å²) in [5, 5.41) is 3.24. The Kier molecular flexibility index (Phi) is 3.96. The van der Waals surface area contributed by atoms with Crippen molar-refractivity contribution in [3.63, 3.8) is 0 Å². The van der Waals surface area contributed by atoms with Crippen LogP contribution in [0.4, 0.5) is 15.9 Å². The molecule has 0 spiro atoms. The van der Waals surface area contributed by atoms with Gasteiger partial charge in [0.1, 0.15) is 5.82 Å². The van der Waals surface area contributed by atoms with E-state index in [9.17, 15) is 4.39 Å². The van der Waals surface area contributed by atoms with Crippen molar-refractivity contribution in [3.8, 4) is 11.4 Å². The van der Waals surface area contributed by atoms with Crippen LogP contribution in [-0.4, -0.2) is 24.9 Å². The highest BCUT2D eigenvalue weighted by atomic mass is 19.1. The average Bonchev–Trinajstić information content (AvgIpc) is 2.65. The molecule has 0 radical (unpaired) electrons. The second kappa shape index (κ2) is 6.44. The Balaban J connectivity index is 1.91. The minimum absolute atomic E-state index is 0.258. The molecule has 6 nitrogen and oxygen atoms in total. The van der Waals surface area contributed by atoms with Crippen LogP contribution in [0.25, 0.3) is 22.6 Å². The van der Waals surface area contributed by atoms with Crippen molar-refractivity contribution in [2.75, 3.05) is 5.32 Å². The second-order valence-corrected chi connectivity index (χ2v) is 5.92. The van der Waals surface area contributed by atoms with Gasteiger partial charge < -0.3 is 5.32 Å². The highest BCUT2D eigenvalue weighted by Gasteiger charge is 2.15. The van der Waals surface area contributed by atoms with E-state index in [4.69, 9.17) is 0 Å². The molecule has 0 aliphatic rings. The van der Waals surface area contributed by atoms with E-state index in [-0.39, 0.29) is 11.6 Å². The molecule has 4 rings (SSSR count). The number of fused-ring (bicyclic) bond motifs is 1. The number of nitrogens with one attached hydrogen (secondary N) is 1. The van der Waals surface area contributed by atoms with Crippen LogP contribution < -0.4 is 5.32 Å². The number of aromatic nitrogens is 5. The summed E-state index contributed by atoms with van der Waals surface area (Å²) in [6.07, 6.45) is 6.56. The normalized spacial score (nSPS) is 10.9. The van der Waals surface area contributed by atoms with Gasteiger partial charge in [0.15, 0.2) is 22.8 Å². The Morgan fingerprint density at radius 2 is 1.81 bits per heavy atom. The van der Waals surface area contributed by atoms with Crippen LogP contribution in [0.2, 0.25) is 0 Å². The molecule has 0 amide bonds. The molecule has 1 N–H and O–H groups in total. The molecular formula is C19H15FN6. The van der Waals surface area contributed by atoms with Gasteiger partial charge in [-0.2, -0.15) is 0 Å². The van der Waals surface area contributed by atoms with Crippen LogP contribution in [0.1, 0.15) is 11.1 Å². The van der Waals surface area contributed by atoms with E-state index >= 15 is 0 Å². The van der Waals surface area contributed by atoms with Gasteiger partial charge in [-0.1, -0.05) is 11.6 Å². The lowest BCUT2D eigenvalue weighted by molar-refractivity contribution is 0.629. The van der Waals surface area contributed by atoms with E-state index < -0.39 is 0 Å². The predicted octanol–water partition coefficient (Wildman–Crippen LogP) is 3.98. The molecule has 128 valence electrons. The molecule has 4 aromatic rings. The third-order valence-electron chi connectivity index (χ3n) is 3.97. The molecule has 1 aromatic carbocycles. The van der Waals surface area contributed by atoms with Crippen LogP contribution in [0.3, 0.4) is 0 Å². The van der Waals surface area contributed by atoms with Gasteiger partial charge in [0.2, 0.25) is 0 Å². The molecule has 26 heavy (non-hydrogen) atoms. The molecule has 0 atom stereocenters. The zero-order valence-corrected chi connectivity index (χ0v) is 14.2. The summed E-state index contributed by atoms with van der Waals surface area (Å²) in [5.74, 6) is 0.339. The molecular weight excluding hydrogens is 331 g/mol. The van der Waals surface area contributed by atoms with Gasteiger partial charge in [-0.05, 0) is 37.6 Å². The van der Waals surface area contributed by atoms with Gasteiger partial charge in [0.05, 0.1) is 5.56 Å². The Bertz CT molecular complexity index is 1110. The number of aryl methyl sites for hydroxylation is 2. The maximum atomic E-state index is 14.3. The number of pyridine rings is 1. The lowest BCUT2D eigenvalue weighted by Gasteiger charge is -2.12. The minimum atomic E-state index is -0.384. The SMILES string of the molecule is Cc1ccc(F)c(-c2nc(Nc3ccncc3C)c3nccnc3n2)c1. The van der Waals surface area contributed by atoms with Crippen molar-refractivity contribution in [1.82, 2.24) is 24.9 Å². The zero-order valence-electron chi connectivity index (χ0n) is 14.2. The van der Waals surface area contributed by atoms with Gasteiger partial charge >= 0.3 is 0 Å². The standard InChI is InChI=1S/C19H15FN6/c1-11-3-4-14(20)13(9-11)17-25-18-16(22-7-8-23-18)19(26-17)24-15-5-6-21-10-12(15)2/h3-10H,1-2H3,(H,21,23,24,25,26). The maximum Gasteiger partial charge on any atom is 0.184 e. The zero-order chi connectivity index (χ0) is 18.1. The summed E-state index contributed by atoms with van der Waals surface area (Å²) in [6, 6.07) is 6.68. The number of hydrogen-bond donors (Lipinski definition) is 1. The largest absolute Gasteiger partial charge is 0.338 e. The fourth-order valence-electron chi connectivity index (χ4n) is 2.62. The molecule has 0 saturated carbocycles. The van der Waals surface area contributed by atoms with Crippen LogP contribution in [0.15, 0.2) is 49.1 Å². The number of hydrogen-bond acceptors (Lipinski definition) is 6. The predicted molar refractivity (Wildman–Crippen MR) is 97.5 cm³/mol. The third-order valence-corrected chi connectivity index (χ3v) is 3.97. The fraction of sp³-hybridized carbons (Fsp3) is 0.105. The summed E-state index contributed by atoms with van der Waals surface area (Å²) in [5.41, 5.74) is 3.94. The number of anilines is 2. The number of benzene rings is 1. The van der Waals surface area contributed by atoms with Gasteiger partial charge in [-0.25, -0.2) is 24.3 Å². The van der Waals surface area contributed by atoms with E-state index in [0.717, 1.165) is 16.8 Å². The Morgan fingerprint density at radius 1 is 0.962 bits per heavy atom. The van der Waals surface area contributed by atoms with Crippen molar-refractivity contribution in [2.24, 2.45) is 0 Å². The van der Waals surface area contributed by atoms with E-state index in [2.05, 4.69) is 30.2 Å². The molecule has 0 aliphatic heterocycles. The first-order valence-corrected chi connectivity index (χ1v) is 8.05. The molecule has 0 saturated heterocycles. The third kappa shape index (κ3) is 2.95. The van der Waals surface area contributed by atoms with Crippen molar-refractivity contribution < 1.29 is 4.39 Å². The van der Waals surface area contributed by atoms with E-state index in [0.29, 0.717) is 22.5 Å². The highest BCUT2D eigenvalue weighted by Crippen LogP contribution is 2.27. The lowest BCUT2D eigenvalue weighted by Crippen LogP contribution is -2.03. The van der Waals surface area contributed by atoms with Crippen molar-refractivity contribution in [3.05, 3.63) is 66.0 Å². The summed E-state index contributed by atoms with van der Waals surface area (Å²) < 4.78 is 14.3. The van der Waals surface area contributed by atoms with Crippen molar-refractivity contribution >= 4 is 22.7 Å². The second-order valence-electron chi connectivity index (χ2n) is 5.92. The monoisotopic (exact) mass is 346 g/mol. The topological polar surface area (TPSA) is 76.5 Å². The van der Waals surface area contributed by atoms with Crippen LogP contribution >= 0.6 is 0 Å². The average molecular weight is 346 g/mol. The first kappa shape index (κ1) is 16.0. The summed E-state index contributed by atoms with van der Waals surface area (Å²) >= 11 is 0. The maximum absolute atomic E-state index is 14.3. The summed E-state index contributed by atoms with van der Waals surface area (Å²) in [4.78, 5) is 21.6. The first-order chi connectivity index (χ1) is 12.6. The molecule has 3 heterocycles. The minimum Gasteiger partial charge on any atom is -0.338 e. The van der Waals surface area contributed by atoms with Gasteiger partial charge in [-0.15, -0.1) is 0 Å². The molecule has 0 fully saturated rings. The van der Waals surface area contributed by atoms with Gasteiger partial charge in [-0.3, -0.25) is 4.98 Å². The number of halogens is 1. The fourth-order valence-corrected chi connectivity index (χ4v) is 2.62. The van der Waals surface area contributed by atoms with Crippen molar-refractivity contribution in [2.45, 2.75) is 13.8 Å². The molecule has 3 aromatic heterocycles. The van der Waals surface area contributed by atoms with Gasteiger partial charge in [0.25, 0.3) is 0 Å². The Hall–Kier alpha value is -3.48. The van der Waals surface area contributed by atoms with Crippen LogP contribution in [0.5, 0.6) is 0 Å². The Labute approximate surface area is 149 Å². The first-order valence-electron chi connectivity index (χ1n) is 8.05. The molecule has 0 bridgehead atoms. The number of nitrogens with zero attached hydrogens (tertiary/aromatic N) is 5. The smallest absolute Gasteiger partial charge is 0.184 e. The Morgan fingerprint density at radius 3 is 2.65 bits per heavy atom. The molecule has 7 heteroatoms. The van der Waals surface area contributed by atoms with E-state index in [1.165, 1.54) is 6.07 Å². The van der Waals surface area contributed by atoms with Gasteiger partial charge in [0, 0.05) is 30.5 Å². The summed E-state index contributed by atoms with van der Waals surface area (Å²) in [6.45, 7) is 3.83. The van der Waals surface area contributed by atoms with E-state index in [1.807, 2.05) is 19.9 Å². The van der Waals surface area contributed by atoms with E-state index in [1.54, 1.807) is 36.9 Å². The summed E-state index contributed by atoms with van der Waals surface area (Å²) in [7, 11) is 0. The molecule has 0 aliphatic carbocycles. The highest BCUT2D eigenvalue weighted by molar-refractivity contribution is 5.86. The quantitative estimate of drug-likeness (QED) is 0.605. The van der Waals surface area contributed by atoms with Crippen LogP contribution in [0, 0.1) is 19.7 Å². The molecule has 0 unspecified atom stereocenters. The lowest BCUT2D eigenvalue weighted by atomic mass is 10.1. The number of rotatable bonds is 3.